The van der Waals surface area contributed by atoms with Crippen molar-refractivity contribution in [1.29, 1.82) is 0 Å². The fraction of sp³-hybridized carbons (Fsp3) is 0.632. The van der Waals surface area contributed by atoms with Gasteiger partial charge in [-0.15, -0.1) is 12.4 Å². The highest BCUT2D eigenvalue weighted by molar-refractivity contribution is 9.10. The van der Waals surface area contributed by atoms with Crippen LogP contribution in [0.1, 0.15) is 43.5 Å². The zero-order valence-corrected chi connectivity index (χ0v) is 18.2. The van der Waals surface area contributed by atoms with Crippen LogP contribution in [0.5, 0.6) is 5.75 Å². The van der Waals surface area contributed by atoms with E-state index in [1.807, 2.05) is 23.1 Å². The Kier molecular flexibility index (Phi) is 10.5. The van der Waals surface area contributed by atoms with Crippen molar-refractivity contribution >= 4 is 34.2 Å². The first-order chi connectivity index (χ1) is 12.0. The first-order valence-electron chi connectivity index (χ1n) is 8.99. The van der Waals surface area contributed by atoms with Crippen LogP contribution in [-0.2, 0) is 4.74 Å². The lowest BCUT2D eigenvalue weighted by atomic mass is 10.0. The van der Waals surface area contributed by atoms with E-state index in [0.717, 1.165) is 36.8 Å². The highest BCUT2D eigenvalue weighted by Crippen LogP contribution is 2.28. The van der Waals surface area contributed by atoms with Crippen LogP contribution < -0.4 is 10.1 Å². The topological polar surface area (TPSA) is 50.8 Å². The predicted molar refractivity (Wildman–Crippen MR) is 111 cm³/mol. The smallest absolute Gasteiger partial charge is 0.254 e. The zero-order valence-electron chi connectivity index (χ0n) is 15.8. The van der Waals surface area contributed by atoms with E-state index in [2.05, 4.69) is 35.1 Å². The molecular formula is C19H30BrClN2O3. The van der Waals surface area contributed by atoms with E-state index in [4.69, 9.17) is 9.47 Å². The standard InChI is InChI=1S/C19H29BrN2O3.ClH/c1-14(2)22(16-6-4-9-21-13-16)19(23)15-7-8-17(20)18(12-15)25-11-5-10-24-3;/h7-8,12,14,16,21H,4-6,9-11,13H2,1-3H3;1H/t16-;/m1./s1. The maximum atomic E-state index is 13.1. The lowest BCUT2D eigenvalue weighted by molar-refractivity contribution is 0.0573. The third-order valence-electron chi connectivity index (χ3n) is 4.38. The molecule has 148 valence electrons. The van der Waals surface area contributed by atoms with E-state index in [0.29, 0.717) is 24.5 Å². The van der Waals surface area contributed by atoms with Crippen LogP contribution in [0.4, 0.5) is 0 Å². The molecule has 1 atom stereocenters. The van der Waals surface area contributed by atoms with Crippen molar-refractivity contribution in [3.05, 3.63) is 28.2 Å². The highest BCUT2D eigenvalue weighted by atomic mass is 79.9. The summed E-state index contributed by atoms with van der Waals surface area (Å²) in [5, 5.41) is 3.40. The van der Waals surface area contributed by atoms with Gasteiger partial charge in [0.15, 0.2) is 0 Å². The maximum absolute atomic E-state index is 13.1. The molecule has 5 nitrogen and oxygen atoms in total. The van der Waals surface area contributed by atoms with Crippen molar-refractivity contribution in [2.45, 2.75) is 45.2 Å². The number of carbonyl (C=O) groups excluding carboxylic acids is 1. The average molecular weight is 450 g/mol. The summed E-state index contributed by atoms with van der Waals surface area (Å²) < 4.78 is 11.7. The monoisotopic (exact) mass is 448 g/mol. The molecule has 1 aliphatic rings. The van der Waals surface area contributed by atoms with E-state index < -0.39 is 0 Å². The van der Waals surface area contributed by atoms with Crippen LogP contribution in [0, 0.1) is 0 Å². The summed E-state index contributed by atoms with van der Waals surface area (Å²) in [7, 11) is 1.68. The lowest BCUT2D eigenvalue weighted by Crippen LogP contribution is -2.51. The normalized spacial score (nSPS) is 16.9. The van der Waals surface area contributed by atoms with Crippen LogP contribution in [0.3, 0.4) is 0 Å². The first-order valence-corrected chi connectivity index (χ1v) is 9.78. The predicted octanol–water partition coefficient (Wildman–Crippen LogP) is 3.89. The van der Waals surface area contributed by atoms with Gasteiger partial charge in [-0.25, -0.2) is 0 Å². The SMILES string of the molecule is COCCCOc1cc(C(=O)N(C(C)C)[C@@H]2CCCNC2)ccc1Br.Cl. The van der Waals surface area contributed by atoms with E-state index in [1.54, 1.807) is 7.11 Å². The third-order valence-corrected chi connectivity index (χ3v) is 5.04. The Hall–Kier alpha value is -0.820. The molecule has 1 fully saturated rings. The number of nitrogens with zero attached hydrogens (tertiary/aromatic N) is 1. The molecule has 0 unspecified atom stereocenters. The van der Waals surface area contributed by atoms with Crippen LogP contribution in [0.2, 0.25) is 0 Å². The Balaban J connectivity index is 0.00000338. The quantitative estimate of drug-likeness (QED) is 0.612. The average Bonchev–Trinajstić information content (AvgIpc) is 2.61. The fourth-order valence-corrected chi connectivity index (χ4v) is 3.54. The summed E-state index contributed by atoms with van der Waals surface area (Å²) in [6, 6.07) is 5.99. The zero-order chi connectivity index (χ0) is 18.2. The molecule has 1 N–H and O–H groups in total. The van der Waals surface area contributed by atoms with Gasteiger partial charge < -0.3 is 19.7 Å². The highest BCUT2D eigenvalue weighted by Gasteiger charge is 2.28. The van der Waals surface area contributed by atoms with Gasteiger partial charge in [0.1, 0.15) is 5.75 Å². The molecule has 0 aliphatic carbocycles. The van der Waals surface area contributed by atoms with Crippen LogP contribution in [0.25, 0.3) is 0 Å². The molecule has 1 aromatic rings. The number of piperidine rings is 1. The number of methoxy groups -OCH3 is 1. The summed E-state index contributed by atoms with van der Waals surface area (Å²) >= 11 is 3.50. The van der Waals surface area contributed by atoms with Gasteiger partial charge >= 0.3 is 0 Å². The molecule has 0 aromatic heterocycles. The summed E-state index contributed by atoms with van der Waals surface area (Å²) in [5.41, 5.74) is 0.671. The molecule has 1 heterocycles. The third kappa shape index (κ3) is 6.41. The number of carbonyl (C=O) groups is 1. The number of rotatable bonds is 8. The second-order valence-corrected chi connectivity index (χ2v) is 7.50. The summed E-state index contributed by atoms with van der Waals surface area (Å²) in [6.45, 7) is 7.27. The molecule has 2 rings (SSSR count). The summed E-state index contributed by atoms with van der Waals surface area (Å²) in [5.74, 6) is 0.769. The molecule has 7 heteroatoms. The van der Waals surface area contributed by atoms with Crippen LogP contribution in [0.15, 0.2) is 22.7 Å². The van der Waals surface area contributed by atoms with Gasteiger partial charge in [-0.2, -0.15) is 0 Å². The Morgan fingerprint density at radius 3 is 2.77 bits per heavy atom. The van der Waals surface area contributed by atoms with Crippen molar-refractivity contribution < 1.29 is 14.3 Å². The van der Waals surface area contributed by atoms with Crippen molar-refractivity contribution in [2.75, 3.05) is 33.4 Å². The minimum atomic E-state index is 0. The summed E-state index contributed by atoms with van der Waals surface area (Å²) in [4.78, 5) is 15.1. The number of benzene rings is 1. The first kappa shape index (κ1) is 23.2. The van der Waals surface area contributed by atoms with Crippen molar-refractivity contribution in [3.8, 4) is 5.75 Å². The molecule has 1 aliphatic heterocycles. The Labute approximate surface area is 171 Å². The van der Waals surface area contributed by atoms with Gasteiger partial charge in [-0.3, -0.25) is 4.79 Å². The van der Waals surface area contributed by atoms with E-state index in [1.165, 1.54) is 0 Å². The Morgan fingerprint density at radius 1 is 1.38 bits per heavy atom. The van der Waals surface area contributed by atoms with Crippen molar-refractivity contribution in [2.24, 2.45) is 0 Å². The van der Waals surface area contributed by atoms with Gasteiger partial charge in [-0.05, 0) is 67.4 Å². The van der Waals surface area contributed by atoms with E-state index in [-0.39, 0.29) is 30.4 Å². The van der Waals surface area contributed by atoms with Gasteiger partial charge in [-0.1, -0.05) is 0 Å². The summed E-state index contributed by atoms with van der Waals surface area (Å²) in [6.07, 6.45) is 2.97. The van der Waals surface area contributed by atoms with E-state index in [9.17, 15) is 4.79 Å². The van der Waals surface area contributed by atoms with Crippen molar-refractivity contribution in [1.82, 2.24) is 10.2 Å². The van der Waals surface area contributed by atoms with Crippen molar-refractivity contribution in [3.63, 3.8) is 0 Å². The van der Waals surface area contributed by atoms with E-state index >= 15 is 0 Å². The maximum Gasteiger partial charge on any atom is 0.254 e. The lowest BCUT2D eigenvalue weighted by Gasteiger charge is -2.37. The second-order valence-electron chi connectivity index (χ2n) is 6.65. The van der Waals surface area contributed by atoms with Gasteiger partial charge in [0.05, 0.1) is 11.1 Å². The number of nitrogens with one attached hydrogen (secondary N) is 1. The Morgan fingerprint density at radius 2 is 2.15 bits per heavy atom. The molecule has 1 saturated heterocycles. The second kappa shape index (κ2) is 11.8. The van der Waals surface area contributed by atoms with Gasteiger partial charge in [0.2, 0.25) is 0 Å². The van der Waals surface area contributed by atoms with Gasteiger partial charge in [0.25, 0.3) is 5.91 Å². The number of halogens is 2. The molecular weight excluding hydrogens is 420 g/mol. The minimum absolute atomic E-state index is 0. The van der Waals surface area contributed by atoms with Gasteiger partial charge in [0, 0.05) is 44.3 Å². The molecule has 0 radical (unpaired) electrons. The molecule has 0 saturated carbocycles. The van der Waals surface area contributed by atoms with Crippen LogP contribution in [-0.4, -0.2) is 56.3 Å². The molecule has 0 spiro atoms. The fourth-order valence-electron chi connectivity index (χ4n) is 3.17. The van der Waals surface area contributed by atoms with Crippen LogP contribution >= 0.6 is 28.3 Å². The Bertz CT molecular complexity index is 566. The molecule has 0 bridgehead atoms. The number of amides is 1. The largest absolute Gasteiger partial charge is 0.492 e. The molecule has 1 amide bonds. The number of hydrogen-bond acceptors (Lipinski definition) is 4. The minimum Gasteiger partial charge on any atom is -0.492 e. The number of ether oxygens (including phenoxy) is 2. The number of hydrogen-bond donors (Lipinski definition) is 1. The molecule has 26 heavy (non-hydrogen) atoms. The molecule has 1 aromatic carbocycles.